The highest BCUT2D eigenvalue weighted by Crippen LogP contribution is 2.17. The second-order valence-electron chi connectivity index (χ2n) is 4.16. The van der Waals surface area contributed by atoms with Gasteiger partial charge >= 0.3 is 0 Å². The lowest BCUT2D eigenvalue weighted by atomic mass is 9.87. The zero-order chi connectivity index (χ0) is 10.7. The molecule has 1 amide bonds. The van der Waals surface area contributed by atoms with Crippen LogP contribution in [0.15, 0.2) is 30.3 Å². The van der Waals surface area contributed by atoms with Crippen LogP contribution in [0.1, 0.15) is 18.4 Å². The van der Waals surface area contributed by atoms with E-state index >= 15 is 0 Å². The molecule has 3 N–H and O–H groups in total. The highest BCUT2D eigenvalue weighted by molar-refractivity contribution is 5.85. The summed E-state index contributed by atoms with van der Waals surface area (Å²) in [5, 5.41) is 2.98. The van der Waals surface area contributed by atoms with Crippen LogP contribution in [0, 0.1) is 0 Å². The number of hydrogen-bond acceptors (Lipinski definition) is 2. The highest BCUT2D eigenvalue weighted by atomic mass is 35.5. The summed E-state index contributed by atoms with van der Waals surface area (Å²) in [7, 11) is 0. The minimum absolute atomic E-state index is 0. The van der Waals surface area contributed by atoms with Crippen LogP contribution in [-0.4, -0.2) is 18.0 Å². The predicted molar refractivity (Wildman–Crippen MR) is 66.5 cm³/mol. The van der Waals surface area contributed by atoms with Crippen LogP contribution in [-0.2, 0) is 11.2 Å². The van der Waals surface area contributed by atoms with Crippen molar-refractivity contribution in [2.75, 3.05) is 0 Å². The maximum atomic E-state index is 11.6. The molecule has 1 fully saturated rings. The molecular formula is C12H17ClN2O. The van der Waals surface area contributed by atoms with E-state index in [1.165, 1.54) is 0 Å². The van der Waals surface area contributed by atoms with E-state index in [4.69, 9.17) is 5.73 Å². The number of halogens is 1. The average Bonchev–Trinajstić information content (AvgIpc) is 2.17. The normalized spacial score (nSPS) is 22.8. The molecule has 1 aliphatic carbocycles. The van der Waals surface area contributed by atoms with E-state index in [2.05, 4.69) is 5.32 Å². The maximum absolute atomic E-state index is 11.6. The van der Waals surface area contributed by atoms with Gasteiger partial charge in [-0.1, -0.05) is 30.3 Å². The molecule has 0 spiro atoms. The number of carbonyl (C=O) groups is 1. The van der Waals surface area contributed by atoms with Crippen LogP contribution in [0.2, 0.25) is 0 Å². The van der Waals surface area contributed by atoms with Crippen LogP contribution in [0.5, 0.6) is 0 Å². The Hall–Kier alpha value is -1.06. The smallest absolute Gasteiger partial charge is 0.224 e. The second-order valence-corrected chi connectivity index (χ2v) is 4.16. The Bertz CT molecular complexity index is 336. The Labute approximate surface area is 102 Å². The predicted octanol–water partition coefficient (Wildman–Crippen LogP) is 1.26. The Morgan fingerprint density at radius 2 is 1.94 bits per heavy atom. The minimum atomic E-state index is 0. The first kappa shape index (κ1) is 13.0. The largest absolute Gasteiger partial charge is 0.353 e. The maximum Gasteiger partial charge on any atom is 0.224 e. The third-order valence-electron chi connectivity index (χ3n) is 2.75. The molecule has 0 unspecified atom stereocenters. The van der Waals surface area contributed by atoms with E-state index < -0.39 is 0 Å². The van der Waals surface area contributed by atoms with Gasteiger partial charge in [0.15, 0.2) is 0 Å². The van der Waals surface area contributed by atoms with Crippen LogP contribution >= 0.6 is 12.4 Å². The molecule has 2 rings (SSSR count). The quantitative estimate of drug-likeness (QED) is 0.836. The Balaban J connectivity index is 0.00000128. The van der Waals surface area contributed by atoms with E-state index in [0.717, 1.165) is 18.4 Å². The summed E-state index contributed by atoms with van der Waals surface area (Å²) in [5.74, 6) is 0.0955. The molecule has 0 heterocycles. The third-order valence-corrected chi connectivity index (χ3v) is 2.75. The number of hydrogen-bond donors (Lipinski definition) is 2. The summed E-state index contributed by atoms with van der Waals surface area (Å²) < 4.78 is 0. The lowest BCUT2D eigenvalue weighted by molar-refractivity contribution is -0.121. The first-order valence-corrected chi connectivity index (χ1v) is 5.33. The molecule has 1 aromatic carbocycles. The fourth-order valence-electron chi connectivity index (χ4n) is 1.84. The fourth-order valence-corrected chi connectivity index (χ4v) is 1.84. The first-order chi connectivity index (χ1) is 7.24. The summed E-state index contributed by atoms with van der Waals surface area (Å²) in [4.78, 5) is 11.6. The monoisotopic (exact) mass is 240 g/mol. The first-order valence-electron chi connectivity index (χ1n) is 5.33. The topological polar surface area (TPSA) is 55.1 Å². The molecule has 1 saturated carbocycles. The number of amides is 1. The number of benzene rings is 1. The molecule has 4 heteroatoms. The third kappa shape index (κ3) is 3.51. The van der Waals surface area contributed by atoms with Crippen molar-refractivity contribution in [3.05, 3.63) is 35.9 Å². The number of carbonyl (C=O) groups excluding carboxylic acids is 1. The van der Waals surface area contributed by atoms with Crippen molar-refractivity contribution < 1.29 is 4.79 Å². The summed E-state index contributed by atoms with van der Waals surface area (Å²) in [6.07, 6.45) is 2.30. The van der Waals surface area contributed by atoms with Crippen LogP contribution in [0.3, 0.4) is 0 Å². The van der Waals surface area contributed by atoms with Gasteiger partial charge in [0.2, 0.25) is 5.91 Å². The van der Waals surface area contributed by atoms with Crippen molar-refractivity contribution >= 4 is 18.3 Å². The SMILES string of the molecule is Cl.NC1CC(NC(=O)Cc2ccccc2)C1. The fraction of sp³-hybridized carbons (Fsp3) is 0.417. The van der Waals surface area contributed by atoms with Gasteiger partial charge in [-0.3, -0.25) is 4.79 Å². The van der Waals surface area contributed by atoms with Crippen molar-refractivity contribution in [3.8, 4) is 0 Å². The van der Waals surface area contributed by atoms with Gasteiger partial charge in [-0.25, -0.2) is 0 Å². The number of rotatable bonds is 3. The van der Waals surface area contributed by atoms with Crippen molar-refractivity contribution in [3.63, 3.8) is 0 Å². The Morgan fingerprint density at radius 3 is 2.50 bits per heavy atom. The summed E-state index contributed by atoms with van der Waals surface area (Å²) in [5.41, 5.74) is 6.70. The van der Waals surface area contributed by atoms with Gasteiger partial charge in [0.05, 0.1) is 6.42 Å². The molecule has 3 nitrogen and oxygen atoms in total. The number of nitrogens with one attached hydrogen (secondary N) is 1. The molecule has 88 valence electrons. The van der Waals surface area contributed by atoms with Gasteiger partial charge in [0.1, 0.15) is 0 Å². The molecule has 0 atom stereocenters. The van der Waals surface area contributed by atoms with Gasteiger partial charge in [0.25, 0.3) is 0 Å². The average molecular weight is 241 g/mol. The standard InChI is InChI=1S/C12H16N2O.ClH/c13-10-7-11(8-10)14-12(15)6-9-4-2-1-3-5-9;/h1-5,10-11H,6-8,13H2,(H,14,15);1H. The summed E-state index contributed by atoms with van der Waals surface area (Å²) >= 11 is 0. The molecule has 1 aliphatic rings. The van der Waals surface area contributed by atoms with Crippen LogP contribution in [0.25, 0.3) is 0 Å². The lowest BCUT2D eigenvalue weighted by Gasteiger charge is -2.32. The van der Waals surface area contributed by atoms with Gasteiger partial charge in [-0.05, 0) is 18.4 Å². The van der Waals surface area contributed by atoms with Crippen molar-refractivity contribution in [1.29, 1.82) is 0 Å². The molecular weight excluding hydrogens is 224 g/mol. The van der Waals surface area contributed by atoms with Crippen molar-refractivity contribution in [2.45, 2.75) is 31.3 Å². The highest BCUT2D eigenvalue weighted by Gasteiger charge is 2.26. The number of nitrogens with two attached hydrogens (primary N) is 1. The minimum Gasteiger partial charge on any atom is -0.353 e. The molecule has 0 bridgehead atoms. The van der Waals surface area contributed by atoms with E-state index in [1.807, 2.05) is 30.3 Å². The molecule has 0 aromatic heterocycles. The van der Waals surface area contributed by atoms with Crippen LogP contribution < -0.4 is 11.1 Å². The van der Waals surface area contributed by atoms with Crippen molar-refractivity contribution in [1.82, 2.24) is 5.32 Å². The molecule has 16 heavy (non-hydrogen) atoms. The van der Waals surface area contributed by atoms with Gasteiger partial charge < -0.3 is 11.1 Å². The van der Waals surface area contributed by atoms with Gasteiger partial charge in [-0.15, -0.1) is 12.4 Å². The van der Waals surface area contributed by atoms with Gasteiger partial charge in [-0.2, -0.15) is 0 Å². The molecule has 0 aliphatic heterocycles. The Kier molecular flexibility index (Phi) is 4.77. The molecule has 1 aromatic rings. The van der Waals surface area contributed by atoms with E-state index in [0.29, 0.717) is 12.5 Å². The summed E-state index contributed by atoms with van der Waals surface area (Å²) in [6, 6.07) is 10.4. The van der Waals surface area contributed by atoms with E-state index in [1.54, 1.807) is 0 Å². The van der Waals surface area contributed by atoms with E-state index in [9.17, 15) is 4.79 Å². The zero-order valence-electron chi connectivity index (χ0n) is 9.06. The second kappa shape index (κ2) is 5.87. The summed E-state index contributed by atoms with van der Waals surface area (Å²) in [6.45, 7) is 0. The van der Waals surface area contributed by atoms with Crippen LogP contribution in [0.4, 0.5) is 0 Å². The van der Waals surface area contributed by atoms with Crippen molar-refractivity contribution in [2.24, 2.45) is 5.73 Å². The lowest BCUT2D eigenvalue weighted by Crippen LogP contribution is -2.50. The molecule has 0 radical (unpaired) electrons. The zero-order valence-corrected chi connectivity index (χ0v) is 9.87. The Morgan fingerprint density at radius 1 is 1.31 bits per heavy atom. The molecule has 0 saturated heterocycles. The van der Waals surface area contributed by atoms with Gasteiger partial charge in [0, 0.05) is 12.1 Å². The van der Waals surface area contributed by atoms with E-state index in [-0.39, 0.29) is 24.4 Å².